The van der Waals surface area contributed by atoms with E-state index in [2.05, 4.69) is 0 Å². The lowest BCUT2D eigenvalue weighted by Gasteiger charge is -2.50. The summed E-state index contributed by atoms with van der Waals surface area (Å²) < 4.78 is 78.8. The number of carboxylic acids is 1. The molecule has 2 N–H and O–H groups in total. The van der Waals surface area contributed by atoms with Crippen LogP contribution in [0.5, 0.6) is 11.5 Å². The number of aromatic hydroxyl groups is 1. The number of carbonyl (C=O) groups is 5. The molecule has 0 radical (unpaired) electrons. The number of allylic oxidation sites excluding steroid dienone is 2. The van der Waals surface area contributed by atoms with Crippen LogP contribution in [0.1, 0.15) is 56.9 Å². The standard InChI is InChI=1S/C34H29Cl2F5N2O8/c1-2-51-19-12-14(7-10-18(19)44)22-15-8-9-16-21(30(48)42(29(16)47)11-5-3-4-6-20(45)46)17(15)13-33(35)31(49)43(32(50)34(22,33)36)28-26(40)24(38)23(37)25(39)27(28)41/h7-8,10,12,16-17,21-22,44H,2-6,9,11,13H2,1H3,(H,45,46)/t16-,17+,21-,22-,33+,34-/m0/s1. The third-order valence-electron chi connectivity index (χ3n) is 10.2. The Morgan fingerprint density at radius 2 is 1.57 bits per heavy atom. The topological polar surface area (TPSA) is 142 Å². The fourth-order valence-corrected chi connectivity index (χ4v) is 8.87. The maximum absolute atomic E-state index is 15.2. The first-order chi connectivity index (χ1) is 24.0. The van der Waals surface area contributed by atoms with Crippen LogP contribution in [-0.2, 0) is 24.0 Å². The number of amides is 4. The number of alkyl halides is 2. The van der Waals surface area contributed by atoms with Crippen LogP contribution in [0.2, 0.25) is 0 Å². The number of carbonyl (C=O) groups excluding carboxylic acids is 4. The van der Waals surface area contributed by atoms with E-state index in [9.17, 15) is 42.3 Å². The number of benzene rings is 2. The van der Waals surface area contributed by atoms with Crippen molar-refractivity contribution in [2.24, 2.45) is 17.8 Å². The average Bonchev–Trinajstić information content (AvgIpc) is 3.41. The Morgan fingerprint density at radius 1 is 0.922 bits per heavy atom. The molecule has 0 bridgehead atoms. The molecule has 1 saturated carbocycles. The largest absolute Gasteiger partial charge is 0.504 e. The van der Waals surface area contributed by atoms with Gasteiger partial charge in [0.05, 0.1) is 18.4 Å². The van der Waals surface area contributed by atoms with Crippen LogP contribution in [0.15, 0.2) is 29.8 Å². The number of nitrogens with zero attached hydrogens (tertiary/aromatic N) is 2. The molecular formula is C34H29Cl2F5N2O8. The third kappa shape index (κ3) is 5.29. The number of rotatable bonds is 10. The van der Waals surface area contributed by atoms with E-state index in [4.69, 9.17) is 33.0 Å². The summed E-state index contributed by atoms with van der Waals surface area (Å²) in [6.07, 6.45) is 1.80. The van der Waals surface area contributed by atoms with Gasteiger partial charge in [0.2, 0.25) is 17.6 Å². The lowest BCUT2D eigenvalue weighted by molar-refractivity contribution is -0.141. The van der Waals surface area contributed by atoms with Crippen LogP contribution >= 0.6 is 23.2 Å². The summed E-state index contributed by atoms with van der Waals surface area (Å²) in [5.74, 6) is -22.9. The number of anilines is 1. The van der Waals surface area contributed by atoms with E-state index in [1.807, 2.05) is 0 Å². The average molecular weight is 760 g/mol. The van der Waals surface area contributed by atoms with Gasteiger partial charge in [-0.25, -0.2) is 26.9 Å². The lowest BCUT2D eigenvalue weighted by Crippen LogP contribution is -2.60. The van der Waals surface area contributed by atoms with Gasteiger partial charge in [-0.2, -0.15) is 0 Å². The Hall–Kier alpha value is -4.24. The molecule has 3 fully saturated rings. The van der Waals surface area contributed by atoms with Gasteiger partial charge in [0.15, 0.2) is 44.5 Å². The monoisotopic (exact) mass is 758 g/mol. The quantitative estimate of drug-likeness (QED) is 0.0599. The number of phenols is 1. The Kier molecular flexibility index (Phi) is 9.36. The molecule has 0 aromatic heterocycles. The number of hydrogen-bond donors (Lipinski definition) is 2. The zero-order chi connectivity index (χ0) is 37.3. The molecule has 2 heterocycles. The third-order valence-corrected chi connectivity index (χ3v) is 11.6. The van der Waals surface area contributed by atoms with Crippen LogP contribution in [0.25, 0.3) is 0 Å². The van der Waals surface area contributed by atoms with Gasteiger partial charge in [-0.15, -0.1) is 23.2 Å². The van der Waals surface area contributed by atoms with Crippen molar-refractivity contribution in [2.75, 3.05) is 18.1 Å². The highest BCUT2D eigenvalue weighted by Crippen LogP contribution is 2.66. The molecule has 4 aliphatic rings. The molecule has 0 spiro atoms. The molecule has 2 aliphatic carbocycles. The molecule has 0 unspecified atom stereocenters. The van der Waals surface area contributed by atoms with E-state index in [0.29, 0.717) is 19.3 Å². The number of phenolic OH excluding ortho intramolecular Hbond substituents is 1. The van der Waals surface area contributed by atoms with Crippen molar-refractivity contribution in [2.45, 2.75) is 61.1 Å². The molecule has 6 rings (SSSR count). The molecule has 272 valence electrons. The van der Waals surface area contributed by atoms with Gasteiger partial charge in [-0.05, 0) is 56.2 Å². The Bertz CT molecular complexity index is 1900. The summed E-state index contributed by atoms with van der Waals surface area (Å²) in [5, 5.41) is 19.3. The fraction of sp³-hybridized carbons (Fsp3) is 0.441. The van der Waals surface area contributed by atoms with Crippen LogP contribution < -0.4 is 9.64 Å². The number of aliphatic carboxylic acids is 1. The molecule has 10 nitrogen and oxygen atoms in total. The van der Waals surface area contributed by atoms with E-state index < -0.39 is 104 Å². The number of imide groups is 2. The SMILES string of the molecule is CCOc1cc([C@H]2C3=CC[C@@H]4C(=O)N(CCCCCC(=O)O)C(=O)[C@@H]4[C@@H]3C[C@@]3(Cl)C(=O)N(c4c(F)c(F)c(F)c(F)c4F)C(=O)[C@@]23Cl)ccc1O. The molecular weight excluding hydrogens is 730 g/mol. The number of hydrogen-bond acceptors (Lipinski definition) is 7. The normalized spacial score (nSPS) is 28.5. The van der Waals surface area contributed by atoms with Gasteiger partial charge in [-0.3, -0.25) is 28.9 Å². The minimum absolute atomic E-state index is 0.0254. The molecule has 17 heteroatoms. The Morgan fingerprint density at radius 3 is 2.20 bits per heavy atom. The second-order valence-corrected chi connectivity index (χ2v) is 14.1. The van der Waals surface area contributed by atoms with Crippen LogP contribution in [0, 0.1) is 46.8 Å². The minimum Gasteiger partial charge on any atom is -0.504 e. The number of likely N-dealkylation sites (tertiary alicyclic amines) is 1. The molecule has 2 aliphatic heterocycles. The summed E-state index contributed by atoms with van der Waals surface area (Å²) in [5.41, 5.74) is -1.55. The second-order valence-electron chi connectivity index (χ2n) is 12.9. The van der Waals surface area contributed by atoms with Crippen LogP contribution in [0.3, 0.4) is 0 Å². The smallest absolute Gasteiger partial charge is 0.303 e. The van der Waals surface area contributed by atoms with E-state index in [0.717, 1.165) is 4.90 Å². The highest BCUT2D eigenvalue weighted by Gasteiger charge is 2.77. The zero-order valence-electron chi connectivity index (χ0n) is 26.7. The van der Waals surface area contributed by atoms with Crippen molar-refractivity contribution in [1.29, 1.82) is 0 Å². The minimum atomic E-state index is -2.71. The first-order valence-corrected chi connectivity index (χ1v) is 16.8. The molecule has 2 aromatic carbocycles. The highest BCUT2D eigenvalue weighted by atomic mass is 35.5. The van der Waals surface area contributed by atoms with E-state index >= 15 is 8.78 Å². The van der Waals surface area contributed by atoms with Crippen LogP contribution in [-0.4, -0.2) is 67.6 Å². The van der Waals surface area contributed by atoms with Gasteiger partial charge >= 0.3 is 5.97 Å². The highest BCUT2D eigenvalue weighted by molar-refractivity contribution is 6.58. The first kappa shape index (κ1) is 36.5. The van der Waals surface area contributed by atoms with E-state index in [1.54, 1.807) is 13.0 Å². The van der Waals surface area contributed by atoms with Gasteiger partial charge in [0.25, 0.3) is 11.8 Å². The van der Waals surface area contributed by atoms with Crippen molar-refractivity contribution in [1.82, 2.24) is 4.90 Å². The molecule has 2 aromatic rings. The maximum Gasteiger partial charge on any atom is 0.303 e. The summed E-state index contributed by atoms with van der Waals surface area (Å²) in [4.78, 5) is 62.4. The van der Waals surface area contributed by atoms with E-state index in [-0.39, 0.29) is 53.5 Å². The fourth-order valence-electron chi connectivity index (χ4n) is 7.93. The molecule has 6 atom stereocenters. The van der Waals surface area contributed by atoms with Crippen molar-refractivity contribution in [3.8, 4) is 11.5 Å². The molecule has 51 heavy (non-hydrogen) atoms. The second kappa shape index (κ2) is 13.1. The number of unbranched alkanes of at least 4 members (excludes halogenated alkanes) is 2. The van der Waals surface area contributed by atoms with Crippen molar-refractivity contribution >= 4 is 58.5 Å². The number of carboxylic acid groups (broad SMARTS) is 1. The lowest BCUT2D eigenvalue weighted by atomic mass is 9.56. The maximum atomic E-state index is 15.2. The molecule has 2 saturated heterocycles. The number of halogens is 7. The van der Waals surface area contributed by atoms with Crippen LogP contribution in [0.4, 0.5) is 27.6 Å². The van der Waals surface area contributed by atoms with Crippen molar-refractivity contribution < 1.29 is 60.9 Å². The Labute approximate surface area is 296 Å². The van der Waals surface area contributed by atoms with Gasteiger partial charge < -0.3 is 14.9 Å². The van der Waals surface area contributed by atoms with Gasteiger partial charge in [-0.1, -0.05) is 24.1 Å². The number of ether oxygens (including phenoxy) is 1. The van der Waals surface area contributed by atoms with Gasteiger partial charge in [0.1, 0.15) is 5.69 Å². The summed E-state index contributed by atoms with van der Waals surface area (Å²) in [6, 6.07) is 3.78. The summed E-state index contributed by atoms with van der Waals surface area (Å²) >= 11 is 14.2. The first-order valence-electron chi connectivity index (χ1n) is 16.0. The predicted octanol–water partition coefficient (Wildman–Crippen LogP) is 5.69. The van der Waals surface area contributed by atoms with Crippen molar-refractivity contribution in [3.63, 3.8) is 0 Å². The predicted molar refractivity (Wildman–Crippen MR) is 169 cm³/mol. The molecule has 4 amide bonds. The Balaban J connectivity index is 1.49. The number of fused-ring (bicyclic) bond motifs is 4. The summed E-state index contributed by atoms with van der Waals surface area (Å²) in [7, 11) is 0. The van der Waals surface area contributed by atoms with Gasteiger partial charge in [0, 0.05) is 18.9 Å². The van der Waals surface area contributed by atoms with Crippen molar-refractivity contribution in [3.05, 3.63) is 64.5 Å². The summed E-state index contributed by atoms with van der Waals surface area (Å²) in [6.45, 7) is 1.65. The van der Waals surface area contributed by atoms with E-state index in [1.165, 1.54) is 18.2 Å². The zero-order valence-corrected chi connectivity index (χ0v) is 28.2.